The number of nitrogens with zero attached hydrogens (tertiary/aromatic N) is 3. The zero-order chi connectivity index (χ0) is 17.3. The van der Waals surface area contributed by atoms with Crippen molar-refractivity contribution in [1.82, 2.24) is 14.5 Å². The van der Waals surface area contributed by atoms with Crippen LogP contribution in [0.15, 0.2) is 54.0 Å². The number of pyridine rings is 1. The van der Waals surface area contributed by atoms with E-state index in [1.165, 1.54) is 12.3 Å². The quantitative estimate of drug-likeness (QED) is 0.712. The summed E-state index contributed by atoms with van der Waals surface area (Å²) in [6.07, 6.45) is 2.76. The number of aromatic nitrogens is 3. The molecule has 0 spiro atoms. The van der Waals surface area contributed by atoms with E-state index in [4.69, 9.17) is 0 Å². The molecule has 0 aliphatic rings. The minimum atomic E-state index is -1.51. The monoisotopic (exact) mass is 323 g/mol. The van der Waals surface area contributed by atoms with Gasteiger partial charge in [-0.25, -0.2) is 14.8 Å². The van der Waals surface area contributed by atoms with Crippen LogP contribution in [-0.4, -0.2) is 30.7 Å². The van der Waals surface area contributed by atoms with Gasteiger partial charge in [-0.05, 0) is 0 Å². The zero-order valence-corrected chi connectivity index (χ0v) is 12.5. The minimum Gasteiger partial charge on any atom is -0.506 e. The Labute approximate surface area is 136 Å². The van der Waals surface area contributed by atoms with Gasteiger partial charge in [0.2, 0.25) is 0 Å². The summed E-state index contributed by atoms with van der Waals surface area (Å²) < 4.78 is 1.15. The second-order valence-corrected chi connectivity index (χ2v) is 5.03. The molecule has 2 N–H and O–H groups in total. The predicted octanol–water partition coefficient (Wildman–Crippen LogP) is 2.05. The molecule has 120 valence electrons. The topological polar surface area (TPSA) is 105 Å². The smallest absolute Gasteiger partial charge is 0.345 e. The summed E-state index contributed by atoms with van der Waals surface area (Å²) in [6, 6.07) is 9.11. The average Bonchev–Trinajstić information content (AvgIpc) is 2.58. The van der Waals surface area contributed by atoms with Crippen molar-refractivity contribution in [3.05, 3.63) is 65.1 Å². The number of allylic oxidation sites excluding steroid dienone is 1. The van der Waals surface area contributed by atoms with Crippen molar-refractivity contribution >= 4 is 17.0 Å². The Balaban J connectivity index is 2.39. The molecule has 1 aromatic carbocycles. The number of carboxylic acid groups (broad SMARTS) is 1. The van der Waals surface area contributed by atoms with Gasteiger partial charge in [0.05, 0.1) is 5.39 Å². The molecule has 0 amide bonds. The predicted molar refractivity (Wildman–Crippen MR) is 88.1 cm³/mol. The SMILES string of the molecule is C=CCn1c(=O)c(C(=O)O)c(O)c2cnc(-c3ccccc3)nc21. The van der Waals surface area contributed by atoms with E-state index in [2.05, 4.69) is 16.5 Å². The van der Waals surface area contributed by atoms with Crippen LogP contribution in [0.1, 0.15) is 10.4 Å². The van der Waals surface area contributed by atoms with Crippen molar-refractivity contribution in [2.24, 2.45) is 0 Å². The van der Waals surface area contributed by atoms with E-state index in [9.17, 15) is 19.8 Å². The Morgan fingerprint density at radius 2 is 2.00 bits per heavy atom. The van der Waals surface area contributed by atoms with Crippen LogP contribution < -0.4 is 5.56 Å². The molecule has 2 heterocycles. The molecular formula is C17H13N3O4. The lowest BCUT2D eigenvalue weighted by Gasteiger charge is -2.12. The van der Waals surface area contributed by atoms with Crippen molar-refractivity contribution in [2.75, 3.05) is 0 Å². The lowest BCUT2D eigenvalue weighted by Crippen LogP contribution is -2.27. The van der Waals surface area contributed by atoms with Gasteiger partial charge in [0.25, 0.3) is 5.56 Å². The van der Waals surface area contributed by atoms with Crippen molar-refractivity contribution in [1.29, 1.82) is 0 Å². The Hall–Kier alpha value is -3.48. The molecule has 7 nitrogen and oxygen atoms in total. The van der Waals surface area contributed by atoms with Crippen LogP contribution in [0.5, 0.6) is 5.75 Å². The summed E-state index contributed by atoms with van der Waals surface area (Å²) in [7, 11) is 0. The molecule has 3 aromatic rings. The highest BCUT2D eigenvalue weighted by atomic mass is 16.4. The van der Waals surface area contributed by atoms with Crippen LogP contribution in [0.4, 0.5) is 0 Å². The summed E-state index contributed by atoms with van der Waals surface area (Å²) in [5.74, 6) is -1.78. The molecule has 0 aliphatic heterocycles. The zero-order valence-electron chi connectivity index (χ0n) is 12.5. The first-order valence-corrected chi connectivity index (χ1v) is 7.06. The molecule has 0 fully saturated rings. The number of benzene rings is 1. The second kappa shape index (κ2) is 5.96. The van der Waals surface area contributed by atoms with Gasteiger partial charge in [0, 0.05) is 18.3 Å². The first-order chi connectivity index (χ1) is 11.5. The lowest BCUT2D eigenvalue weighted by atomic mass is 10.1. The number of hydrogen-bond acceptors (Lipinski definition) is 5. The van der Waals surface area contributed by atoms with Crippen molar-refractivity contribution in [2.45, 2.75) is 6.54 Å². The van der Waals surface area contributed by atoms with E-state index in [1.807, 2.05) is 30.3 Å². The molecule has 0 bridgehead atoms. The Kier molecular flexibility index (Phi) is 3.83. The van der Waals surface area contributed by atoms with Crippen molar-refractivity contribution < 1.29 is 15.0 Å². The van der Waals surface area contributed by atoms with E-state index < -0.39 is 22.8 Å². The maximum atomic E-state index is 12.4. The van der Waals surface area contributed by atoms with Crippen molar-refractivity contribution in [3.63, 3.8) is 0 Å². The number of aromatic carboxylic acids is 1. The number of carbonyl (C=O) groups is 1. The third-order valence-electron chi connectivity index (χ3n) is 3.53. The molecular weight excluding hydrogens is 310 g/mol. The van der Waals surface area contributed by atoms with Crippen LogP contribution in [0, 0.1) is 0 Å². The fourth-order valence-corrected chi connectivity index (χ4v) is 2.43. The molecule has 0 radical (unpaired) electrons. The Bertz CT molecular complexity index is 1010. The fourth-order valence-electron chi connectivity index (χ4n) is 2.43. The van der Waals surface area contributed by atoms with Gasteiger partial charge >= 0.3 is 5.97 Å². The van der Waals surface area contributed by atoms with E-state index in [-0.39, 0.29) is 17.6 Å². The average molecular weight is 323 g/mol. The Morgan fingerprint density at radius 3 is 2.62 bits per heavy atom. The molecule has 0 saturated heterocycles. The second-order valence-electron chi connectivity index (χ2n) is 5.03. The van der Waals surface area contributed by atoms with Crippen LogP contribution >= 0.6 is 0 Å². The van der Waals surface area contributed by atoms with Crippen LogP contribution in [-0.2, 0) is 6.54 Å². The third kappa shape index (κ3) is 2.41. The maximum absolute atomic E-state index is 12.4. The summed E-state index contributed by atoms with van der Waals surface area (Å²) in [5, 5.41) is 19.4. The number of aromatic hydroxyl groups is 1. The fraction of sp³-hybridized carbons (Fsp3) is 0.0588. The van der Waals surface area contributed by atoms with E-state index in [0.29, 0.717) is 5.82 Å². The van der Waals surface area contributed by atoms with Gasteiger partial charge in [-0.1, -0.05) is 36.4 Å². The highest BCUT2D eigenvalue weighted by Crippen LogP contribution is 2.26. The lowest BCUT2D eigenvalue weighted by molar-refractivity contribution is 0.0691. The molecule has 24 heavy (non-hydrogen) atoms. The largest absolute Gasteiger partial charge is 0.506 e. The molecule has 7 heteroatoms. The first kappa shape index (κ1) is 15.4. The van der Waals surface area contributed by atoms with Crippen molar-refractivity contribution in [3.8, 4) is 17.1 Å². The normalized spacial score (nSPS) is 10.7. The summed E-state index contributed by atoms with van der Waals surface area (Å²) >= 11 is 0. The van der Waals surface area contributed by atoms with Gasteiger partial charge in [0.1, 0.15) is 5.75 Å². The van der Waals surface area contributed by atoms with E-state index >= 15 is 0 Å². The van der Waals surface area contributed by atoms with Gasteiger partial charge < -0.3 is 10.2 Å². The third-order valence-corrected chi connectivity index (χ3v) is 3.53. The van der Waals surface area contributed by atoms with Crippen LogP contribution in [0.2, 0.25) is 0 Å². The molecule has 3 rings (SSSR count). The standard InChI is InChI=1S/C17H13N3O4/c1-2-8-20-15-11(13(21)12(16(20)22)17(23)24)9-18-14(19-15)10-6-4-3-5-7-10/h2-7,9,21H,1,8H2,(H,23,24). The van der Waals surface area contributed by atoms with Crippen LogP contribution in [0.3, 0.4) is 0 Å². The first-order valence-electron chi connectivity index (χ1n) is 7.06. The highest BCUT2D eigenvalue weighted by Gasteiger charge is 2.22. The summed E-state index contributed by atoms with van der Waals surface area (Å²) in [5.41, 5.74) is -0.666. The number of fused-ring (bicyclic) bond motifs is 1. The summed E-state index contributed by atoms with van der Waals surface area (Å²) in [6.45, 7) is 3.63. The van der Waals surface area contributed by atoms with Gasteiger partial charge in [0.15, 0.2) is 17.0 Å². The van der Waals surface area contributed by atoms with Gasteiger partial charge in [-0.3, -0.25) is 9.36 Å². The molecule has 2 aromatic heterocycles. The highest BCUT2D eigenvalue weighted by molar-refractivity contribution is 5.97. The maximum Gasteiger partial charge on any atom is 0.345 e. The summed E-state index contributed by atoms with van der Waals surface area (Å²) in [4.78, 5) is 32.2. The molecule has 0 aliphatic carbocycles. The van der Waals surface area contributed by atoms with Gasteiger partial charge in [-0.15, -0.1) is 6.58 Å². The van der Waals surface area contributed by atoms with E-state index in [0.717, 1.165) is 10.1 Å². The Morgan fingerprint density at radius 1 is 1.29 bits per heavy atom. The van der Waals surface area contributed by atoms with Crippen LogP contribution in [0.25, 0.3) is 22.4 Å². The number of hydrogen-bond donors (Lipinski definition) is 2. The van der Waals surface area contributed by atoms with E-state index in [1.54, 1.807) is 0 Å². The molecule has 0 unspecified atom stereocenters. The molecule has 0 saturated carbocycles. The number of carboxylic acids is 1. The number of rotatable bonds is 4. The van der Waals surface area contributed by atoms with Gasteiger partial charge in [-0.2, -0.15) is 0 Å². The molecule has 0 atom stereocenters. The minimum absolute atomic E-state index is 0.0567.